The Morgan fingerprint density at radius 3 is 2.91 bits per heavy atom. The van der Waals surface area contributed by atoms with Crippen molar-refractivity contribution in [3.8, 4) is 6.07 Å². The number of hydrogen-bond donors (Lipinski definition) is 2. The van der Waals surface area contributed by atoms with E-state index in [1.807, 2.05) is 13.8 Å². The van der Waals surface area contributed by atoms with Crippen molar-refractivity contribution in [2.75, 3.05) is 13.1 Å². The molecule has 120 valence electrons. The topological polar surface area (TPSA) is 62.3 Å². The fraction of sp³-hybridized carbons (Fsp3) is 0.647. The maximum absolute atomic E-state index is 12.4. The molecule has 2 rings (SSSR count). The van der Waals surface area contributed by atoms with Crippen molar-refractivity contribution >= 4 is 5.91 Å². The monoisotopic (exact) mass is 303 g/mol. The second kappa shape index (κ2) is 6.53. The van der Waals surface area contributed by atoms with Crippen LogP contribution in [0.25, 0.3) is 0 Å². The average Bonchev–Trinajstić information content (AvgIpc) is 3.06. The largest absolute Gasteiger partial charge is 0.350 e. The Balaban J connectivity index is 2.02. The molecule has 1 saturated heterocycles. The second-order valence-corrected chi connectivity index (χ2v) is 6.84. The van der Waals surface area contributed by atoms with Crippen LogP contribution < -0.4 is 10.2 Å². The molecule has 0 bridgehead atoms. The molecule has 22 heavy (non-hydrogen) atoms. The molecule has 0 aliphatic carbocycles. The summed E-state index contributed by atoms with van der Waals surface area (Å²) in [6, 6.07) is 6.80. The highest BCUT2D eigenvalue weighted by atomic mass is 16.2. The van der Waals surface area contributed by atoms with Crippen LogP contribution in [0.5, 0.6) is 0 Å². The molecule has 1 aromatic rings. The second-order valence-electron chi connectivity index (χ2n) is 6.84. The molecule has 0 spiro atoms. The van der Waals surface area contributed by atoms with Gasteiger partial charge in [0.15, 0.2) is 6.54 Å². The first-order valence-corrected chi connectivity index (χ1v) is 8.05. The minimum Gasteiger partial charge on any atom is -0.350 e. The zero-order valence-electron chi connectivity index (χ0n) is 14.0. The smallest absolute Gasteiger partial charge is 0.276 e. The first kappa shape index (κ1) is 16.6. The third-order valence-corrected chi connectivity index (χ3v) is 5.00. The molecule has 0 aromatic carbocycles. The predicted octanol–water partition coefficient (Wildman–Crippen LogP) is 0.799. The number of nitrogens with zero attached hydrogens (tertiary/aromatic N) is 2. The van der Waals surface area contributed by atoms with Crippen molar-refractivity contribution in [3.05, 3.63) is 24.0 Å². The van der Waals surface area contributed by atoms with Crippen LogP contribution in [0.15, 0.2) is 18.3 Å². The van der Waals surface area contributed by atoms with Gasteiger partial charge in [-0.2, -0.15) is 5.26 Å². The van der Waals surface area contributed by atoms with Crippen molar-refractivity contribution in [1.29, 1.82) is 5.26 Å². The van der Waals surface area contributed by atoms with Crippen molar-refractivity contribution in [2.24, 2.45) is 13.0 Å². The number of aryl methyl sites for hydroxylation is 1. The van der Waals surface area contributed by atoms with E-state index in [-0.39, 0.29) is 11.8 Å². The summed E-state index contributed by atoms with van der Waals surface area (Å²) >= 11 is 0. The average molecular weight is 303 g/mol. The lowest BCUT2D eigenvalue weighted by Gasteiger charge is -2.28. The van der Waals surface area contributed by atoms with E-state index >= 15 is 0 Å². The Hall–Kier alpha value is -1.80. The van der Waals surface area contributed by atoms with E-state index in [4.69, 9.17) is 0 Å². The van der Waals surface area contributed by atoms with Crippen LogP contribution in [0.1, 0.15) is 45.3 Å². The Morgan fingerprint density at radius 2 is 2.36 bits per heavy atom. The summed E-state index contributed by atoms with van der Waals surface area (Å²) < 4.78 is 2.14. The summed E-state index contributed by atoms with van der Waals surface area (Å²) in [5.41, 5.74) is 0.490. The molecule has 1 unspecified atom stereocenters. The number of nitrogens with one attached hydrogen (secondary N) is 2. The van der Waals surface area contributed by atoms with E-state index in [0.29, 0.717) is 12.6 Å². The molecule has 5 heteroatoms. The Kier molecular flexibility index (Phi) is 4.92. The lowest BCUT2D eigenvalue weighted by Crippen LogP contribution is -3.11. The van der Waals surface area contributed by atoms with Crippen LogP contribution >= 0.6 is 0 Å². The molecule has 1 aliphatic rings. The quantitative estimate of drug-likeness (QED) is 0.845. The standard InChI is InChI=1S/C17H26N4O/c1-13(2)17(3,12-18)19-16(22)11-21-10-6-8-15(21)14-7-5-9-20(14)4/h5,7,9,13,15H,6,8,10-11H2,1-4H3,(H,19,22)/p+1/t15-,17+/m1/s1. The minimum absolute atomic E-state index is 0.0335. The van der Waals surface area contributed by atoms with Gasteiger partial charge in [-0.3, -0.25) is 4.79 Å². The SMILES string of the molecule is CC(C)[C@](C)(C#N)NC(=O)C[NH+]1CCC[C@@H]1c1cccn1C. The zero-order chi connectivity index (χ0) is 16.3. The number of nitriles is 1. The van der Waals surface area contributed by atoms with Crippen LogP contribution in [0.3, 0.4) is 0 Å². The summed E-state index contributed by atoms with van der Waals surface area (Å²) in [5.74, 6) is 0.0487. The molecule has 1 aliphatic heterocycles. The number of carbonyl (C=O) groups excluding carboxylic acids is 1. The number of hydrogen-bond acceptors (Lipinski definition) is 2. The van der Waals surface area contributed by atoms with Crippen LogP contribution in [-0.4, -0.2) is 29.1 Å². The zero-order valence-corrected chi connectivity index (χ0v) is 14.0. The predicted molar refractivity (Wildman–Crippen MR) is 85.1 cm³/mol. The van der Waals surface area contributed by atoms with E-state index in [0.717, 1.165) is 19.4 Å². The van der Waals surface area contributed by atoms with Crippen molar-refractivity contribution in [1.82, 2.24) is 9.88 Å². The maximum atomic E-state index is 12.4. The first-order valence-electron chi connectivity index (χ1n) is 8.05. The number of quaternary nitrogens is 1. The molecule has 5 nitrogen and oxygen atoms in total. The number of likely N-dealkylation sites (tertiary alicyclic amines) is 1. The molecular weight excluding hydrogens is 276 g/mol. The molecule has 1 amide bonds. The summed E-state index contributed by atoms with van der Waals surface area (Å²) in [6.45, 7) is 7.15. The highest BCUT2D eigenvalue weighted by molar-refractivity contribution is 5.78. The normalized spacial score (nSPS) is 24.0. The van der Waals surface area contributed by atoms with E-state index in [2.05, 4.69) is 41.3 Å². The Labute approximate surface area is 132 Å². The van der Waals surface area contributed by atoms with Crippen molar-refractivity contribution < 1.29 is 9.69 Å². The van der Waals surface area contributed by atoms with Gasteiger partial charge < -0.3 is 14.8 Å². The van der Waals surface area contributed by atoms with Gasteiger partial charge in [-0.15, -0.1) is 0 Å². The molecule has 3 atom stereocenters. The van der Waals surface area contributed by atoms with E-state index in [1.165, 1.54) is 10.6 Å². The van der Waals surface area contributed by atoms with Gasteiger partial charge in [-0.05, 0) is 25.0 Å². The van der Waals surface area contributed by atoms with E-state index in [9.17, 15) is 10.1 Å². The number of aromatic nitrogens is 1. The van der Waals surface area contributed by atoms with Gasteiger partial charge in [0.1, 0.15) is 11.6 Å². The maximum Gasteiger partial charge on any atom is 0.276 e. The Morgan fingerprint density at radius 1 is 1.64 bits per heavy atom. The van der Waals surface area contributed by atoms with Gasteiger partial charge in [0.05, 0.1) is 18.3 Å². The molecule has 2 heterocycles. The van der Waals surface area contributed by atoms with Gasteiger partial charge in [0.2, 0.25) is 0 Å². The van der Waals surface area contributed by atoms with Gasteiger partial charge >= 0.3 is 0 Å². The van der Waals surface area contributed by atoms with Crippen LogP contribution in [0.2, 0.25) is 0 Å². The van der Waals surface area contributed by atoms with Crippen molar-refractivity contribution in [3.63, 3.8) is 0 Å². The van der Waals surface area contributed by atoms with Crippen LogP contribution in [0, 0.1) is 17.2 Å². The summed E-state index contributed by atoms with van der Waals surface area (Å²) in [4.78, 5) is 13.7. The molecule has 1 aromatic heterocycles. The molecule has 0 radical (unpaired) electrons. The molecule has 2 N–H and O–H groups in total. The number of amides is 1. The van der Waals surface area contributed by atoms with Gasteiger partial charge in [-0.1, -0.05) is 13.8 Å². The first-order chi connectivity index (χ1) is 10.4. The highest BCUT2D eigenvalue weighted by Crippen LogP contribution is 2.19. The molecule has 1 fully saturated rings. The summed E-state index contributed by atoms with van der Waals surface area (Å²) in [7, 11) is 2.05. The van der Waals surface area contributed by atoms with Gasteiger partial charge in [-0.25, -0.2) is 0 Å². The lowest BCUT2D eigenvalue weighted by molar-refractivity contribution is -0.911. The summed E-state index contributed by atoms with van der Waals surface area (Å²) in [6.07, 6.45) is 4.30. The van der Waals surface area contributed by atoms with Crippen molar-refractivity contribution in [2.45, 2.75) is 45.2 Å². The van der Waals surface area contributed by atoms with Gasteiger partial charge in [0, 0.05) is 26.1 Å². The number of rotatable bonds is 5. The fourth-order valence-corrected chi connectivity index (χ4v) is 3.16. The number of carbonyl (C=O) groups is 1. The van der Waals surface area contributed by atoms with Crippen LogP contribution in [0.4, 0.5) is 0 Å². The van der Waals surface area contributed by atoms with E-state index in [1.54, 1.807) is 6.92 Å². The lowest BCUT2D eigenvalue weighted by atomic mass is 9.90. The summed E-state index contributed by atoms with van der Waals surface area (Å²) in [5, 5.41) is 12.3. The third-order valence-electron chi connectivity index (χ3n) is 5.00. The van der Waals surface area contributed by atoms with E-state index < -0.39 is 5.54 Å². The third kappa shape index (κ3) is 3.33. The minimum atomic E-state index is -0.795. The highest BCUT2D eigenvalue weighted by Gasteiger charge is 2.35. The Bertz CT molecular complexity index is 571. The van der Waals surface area contributed by atoms with Crippen LogP contribution in [-0.2, 0) is 11.8 Å². The fourth-order valence-electron chi connectivity index (χ4n) is 3.16. The molecular formula is C17H27N4O+. The molecule has 0 saturated carbocycles. The van der Waals surface area contributed by atoms with Gasteiger partial charge in [0.25, 0.3) is 5.91 Å².